The lowest BCUT2D eigenvalue weighted by Gasteiger charge is -2.27. The SMILES string of the molecule is CN1C=CN(c2cccc(N(c3ccccc3)c3ccc4c5ccccc5n5c6ccccc6nc5c4c3)c2)C1. The second-order valence-electron chi connectivity index (χ2n) is 10.4. The Hall–Kier alpha value is -5.29. The second kappa shape index (κ2) is 8.89. The summed E-state index contributed by atoms with van der Waals surface area (Å²) in [6.07, 6.45) is 4.24. The lowest BCUT2D eigenvalue weighted by molar-refractivity contribution is 0.496. The molecular formula is C35H27N5. The van der Waals surface area contributed by atoms with Crippen LogP contribution in [0.4, 0.5) is 22.7 Å². The van der Waals surface area contributed by atoms with Crippen LogP contribution in [-0.4, -0.2) is 28.0 Å². The summed E-state index contributed by atoms with van der Waals surface area (Å²) >= 11 is 0. The summed E-state index contributed by atoms with van der Waals surface area (Å²) in [5.41, 5.74) is 8.74. The van der Waals surface area contributed by atoms with E-state index in [0.717, 1.165) is 51.5 Å². The summed E-state index contributed by atoms with van der Waals surface area (Å²) in [5, 5.41) is 3.56. The van der Waals surface area contributed by atoms with Crippen LogP contribution in [-0.2, 0) is 0 Å². The molecule has 0 bridgehead atoms. The first-order valence-electron chi connectivity index (χ1n) is 13.6. The largest absolute Gasteiger partial charge is 0.361 e. The normalized spacial score (nSPS) is 13.3. The quantitative estimate of drug-likeness (QED) is 0.219. The monoisotopic (exact) mass is 517 g/mol. The number of pyridine rings is 1. The number of anilines is 4. The second-order valence-corrected chi connectivity index (χ2v) is 10.4. The van der Waals surface area contributed by atoms with E-state index in [1.807, 2.05) is 0 Å². The van der Waals surface area contributed by atoms with Crippen LogP contribution < -0.4 is 9.80 Å². The molecule has 3 heterocycles. The van der Waals surface area contributed by atoms with Gasteiger partial charge in [-0.05, 0) is 66.0 Å². The fourth-order valence-corrected chi connectivity index (χ4v) is 5.97. The van der Waals surface area contributed by atoms with Crippen molar-refractivity contribution in [2.45, 2.75) is 0 Å². The zero-order valence-electron chi connectivity index (χ0n) is 22.1. The molecule has 0 aliphatic carbocycles. The van der Waals surface area contributed by atoms with Gasteiger partial charge in [0.25, 0.3) is 0 Å². The maximum absolute atomic E-state index is 5.14. The maximum Gasteiger partial charge on any atom is 0.146 e. The molecule has 2 aromatic heterocycles. The summed E-state index contributed by atoms with van der Waals surface area (Å²) in [6.45, 7) is 0.837. The summed E-state index contributed by atoms with van der Waals surface area (Å²) in [4.78, 5) is 11.9. The molecule has 0 saturated carbocycles. The van der Waals surface area contributed by atoms with Crippen molar-refractivity contribution in [1.29, 1.82) is 0 Å². The molecule has 0 spiro atoms. The van der Waals surface area contributed by atoms with Gasteiger partial charge < -0.3 is 14.7 Å². The fraction of sp³-hybridized carbons (Fsp3) is 0.0571. The first-order valence-corrected chi connectivity index (χ1v) is 13.6. The molecule has 0 amide bonds. The van der Waals surface area contributed by atoms with Gasteiger partial charge in [-0.1, -0.05) is 60.7 Å². The predicted molar refractivity (Wildman–Crippen MR) is 167 cm³/mol. The van der Waals surface area contributed by atoms with E-state index in [4.69, 9.17) is 4.98 Å². The van der Waals surface area contributed by atoms with Crippen molar-refractivity contribution in [3.8, 4) is 0 Å². The summed E-state index contributed by atoms with van der Waals surface area (Å²) in [5.74, 6) is 0. The molecule has 0 fully saturated rings. The van der Waals surface area contributed by atoms with Crippen molar-refractivity contribution >= 4 is 61.1 Å². The molecule has 7 aromatic rings. The van der Waals surface area contributed by atoms with Crippen molar-refractivity contribution in [1.82, 2.24) is 14.3 Å². The number of imidazole rings is 1. The molecule has 1 aliphatic heterocycles. The number of aromatic nitrogens is 2. The molecule has 192 valence electrons. The Morgan fingerprint density at radius 1 is 0.600 bits per heavy atom. The van der Waals surface area contributed by atoms with Crippen LogP contribution in [0.15, 0.2) is 134 Å². The molecule has 8 rings (SSSR count). The average Bonchev–Trinajstić information content (AvgIpc) is 3.62. The first-order chi connectivity index (χ1) is 19.7. The van der Waals surface area contributed by atoms with E-state index in [9.17, 15) is 0 Å². The van der Waals surface area contributed by atoms with E-state index in [1.54, 1.807) is 0 Å². The summed E-state index contributed by atoms with van der Waals surface area (Å²) < 4.78 is 2.31. The average molecular weight is 518 g/mol. The highest BCUT2D eigenvalue weighted by atomic mass is 15.3. The number of hydrogen-bond acceptors (Lipinski definition) is 4. The number of hydrogen-bond donors (Lipinski definition) is 0. The first kappa shape index (κ1) is 22.7. The molecule has 40 heavy (non-hydrogen) atoms. The van der Waals surface area contributed by atoms with Crippen LogP contribution in [0.25, 0.3) is 38.4 Å². The molecule has 0 saturated heterocycles. The maximum atomic E-state index is 5.14. The van der Waals surface area contributed by atoms with Crippen molar-refractivity contribution < 1.29 is 0 Å². The van der Waals surface area contributed by atoms with Crippen LogP contribution in [0, 0.1) is 0 Å². The van der Waals surface area contributed by atoms with Crippen LogP contribution in [0.2, 0.25) is 0 Å². The van der Waals surface area contributed by atoms with E-state index < -0.39 is 0 Å². The number of benzene rings is 5. The van der Waals surface area contributed by atoms with Crippen molar-refractivity contribution in [3.63, 3.8) is 0 Å². The van der Waals surface area contributed by atoms with Crippen molar-refractivity contribution in [2.24, 2.45) is 0 Å². The van der Waals surface area contributed by atoms with Gasteiger partial charge in [0.05, 0.1) is 23.2 Å². The minimum absolute atomic E-state index is 0.837. The number of fused-ring (bicyclic) bond motifs is 8. The van der Waals surface area contributed by atoms with Crippen molar-refractivity contribution in [2.75, 3.05) is 23.5 Å². The highest BCUT2D eigenvalue weighted by molar-refractivity contribution is 6.14. The topological polar surface area (TPSA) is 27.0 Å². The Kier molecular flexibility index (Phi) is 5.04. The van der Waals surface area contributed by atoms with Gasteiger partial charge in [-0.25, -0.2) is 4.98 Å². The summed E-state index contributed by atoms with van der Waals surface area (Å²) in [7, 11) is 2.09. The zero-order chi connectivity index (χ0) is 26.6. The van der Waals surface area contributed by atoms with Gasteiger partial charge in [-0.2, -0.15) is 0 Å². The third-order valence-corrected chi connectivity index (χ3v) is 7.81. The van der Waals surface area contributed by atoms with Gasteiger partial charge in [0.1, 0.15) is 5.65 Å². The Morgan fingerprint density at radius 2 is 1.35 bits per heavy atom. The van der Waals surface area contributed by atoms with Gasteiger partial charge in [0.2, 0.25) is 0 Å². The van der Waals surface area contributed by atoms with Gasteiger partial charge in [-0.15, -0.1) is 0 Å². The molecule has 0 radical (unpaired) electrons. The Morgan fingerprint density at radius 3 is 2.20 bits per heavy atom. The number of rotatable bonds is 4. The summed E-state index contributed by atoms with van der Waals surface area (Å²) in [6, 6.07) is 43.2. The highest BCUT2D eigenvalue weighted by Crippen LogP contribution is 2.40. The van der Waals surface area contributed by atoms with Crippen LogP contribution >= 0.6 is 0 Å². The van der Waals surface area contributed by atoms with Gasteiger partial charge >= 0.3 is 0 Å². The van der Waals surface area contributed by atoms with E-state index in [1.165, 1.54) is 16.3 Å². The van der Waals surface area contributed by atoms with Crippen LogP contribution in [0.3, 0.4) is 0 Å². The zero-order valence-corrected chi connectivity index (χ0v) is 22.1. The Bertz CT molecular complexity index is 2080. The van der Waals surface area contributed by atoms with Crippen LogP contribution in [0.1, 0.15) is 0 Å². The number of para-hydroxylation sites is 4. The lowest BCUT2D eigenvalue weighted by atomic mass is 10.0. The van der Waals surface area contributed by atoms with Crippen molar-refractivity contribution in [3.05, 3.63) is 134 Å². The molecule has 5 aromatic carbocycles. The standard InChI is InChI=1S/C35H27N5/c1-37-20-21-38(24-37)26-12-9-13-27(22-26)39(25-10-3-2-4-11-25)28-18-19-29-30-14-5-7-16-33(30)40-34-17-8-6-15-32(34)36-35(40)31(29)23-28/h2-23H,24H2,1H3. The molecule has 0 atom stereocenters. The smallest absolute Gasteiger partial charge is 0.146 e. The fourth-order valence-electron chi connectivity index (χ4n) is 5.97. The Labute approximate surface area is 232 Å². The molecule has 5 heteroatoms. The molecule has 1 aliphatic rings. The molecular weight excluding hydrogens is 490 g/mol. The molecule has 0 N–H and O–H groups in total. The van der Waals surface area contributed by atoms with Crippen LogP contribution in [0.5, 0.6) is 0 Å². The lowest BCUT2D eigenvalue weighted by Crippen LogP contribution is -2.21. The highest BCUT2D eigenvalue weighted by Gasteiger charge is 2.19. The van der Waals surface area contributed by atoms with Gasteiger partial charge in [0.15, 0.2) is 0 Å². The Balaban J connectivity index is 1.39. The molecule has 5 nitrogen and oxygen atoms in total. The van der Waals surface area contributed by atoms with E-state index >= 15 is 0 Å². The van der Waals surface area contributed by atoms with E-state index in [-0.39, 0.29) is 0 Å². The van der Waals surface area contributed by atoms with E-state index in [0.29, 0.717) is 0 Å². The minimum Gasteiger partial charge on any atom is -0.361 e. The minimum atomic E-state index is 0.837. The van der Waals surface area contributed by atoms with E-state index in [2.05, 4.69) is 160 Å². The molecule has 0 unspecified atom stereocenters. The third-order valence-electron chi connectivity index (χ3n) is 7.81. The van der Waals surface area contributed by atoms with Gasteiger partial charge in [0, 0.05) is 53.0 Å². The predicted octanol–water partition coefficient (Wildman–Crippen LogP) is 8.44. The van der Waals surface area contributed by atoms with Gasteiger partial charge in [-0.3, -0.25) is 4.40 Å². The number of nitrogens with zero attached hydrogens (tertiary/aromatic N) is 5. The third kappa shape index (κ3) is 3.52.